The number of phosphoric acid groups is 1. The number of nitrogens with two attached hydrogens (primary N) is 1. The first-order valence-corrected chi connectivity index (χ1v) is 14.6. The number of carbonyl (C=O) groups is 1. The standard InChI is InChI=1S/C25H50NO7P/c1-3-4-5-6-7-8-9-10-11-12-13-14-15-16-17-18-19-31-22-25(33-23(2)27)20-24(26)21-32-34(28,29)30/h16-17,24-25H,3-15,18-22,26H2,1-2H3,(H2,28,29,30). The molecule has 0 amide bonds. The molecule has 0 bridgehead atoms. The van der Waals surface area contributed by atoms with Gasteiger partial charge in [0.05, 0.1) is 19.8 Å². The first kappa shape index (κ1) is 33.2. The largest absolute Gasteiger partial charge is 0.469 e. The summed E-state index contributed by atoms with van der Waals surface area (Å²) in [6.07, 6.45) is 22.0. The van der Waals surface area contributed by atoms with E-state index in [-0.39, 0.29) is 19.6 Å². The number of unbranched alkanes of at least 4 members (excludes halogenated alkanes) is 12. The molecular formula is C25H50NO7P. The highest BCUT2D eigenvalue weighted by atomic mass is 31.2. The highest BCUT2D eigenvalue weighted by Crippen LogP contribution is 2.35. The van der Waals surface area contributed by atoms with Gasteiger partial charge in [0.25, 0.3) is 0 Å². The van der Waals surface area contributed by atoms with Crippen molar-refractivity contribution in [3.8, 4) is 0 Å². The van der Waals surface area contributed by atoms with Crippen molar-refractivity contribution in [2.24, 2.45) is 5.73 Å². The van der Waals surface area contributed by atoms with Crippen LogP contribution in [0.3, 0.4) is 0 Å². The molecule has 0 aliphatic carbocycles. The maximum absolute atomic E-state index is 11.3. The molecule has 0 aromatic rings. The van der Waals surface area contributed by atoms with Gasteiger partial charge in [-0.05, 0) is 19.3 Å². The molecule has 0 saturated carbocycles. The van der Waals surface area contributed by atoms with Crippen LogP contribution in [-0.2, 0) is 23.4 Å². The number of phosphoric ester groups is 1. The highest BCUT2D eigenvalue weighted by molar-refractivity contribution is 7.46. The number of allylic oxidation sites excluding steroid dienone is 1. The third-order valence-electron chi connectivity index (χ3n) is 5.48. The third kappa shape index (κ3) is 25.9. The zero-order chi connectivity index (χ0) is 25.5. The van der Waals surface area contributed by atoms with Crippen LogP contribution in [0.15, 0.2) is 12.2 Å². The predicted molar refractivity (Wildman–Crippen MR) is 136 cm³/mol. The van der Waals surface area contributed by atoms with Gasteiger partial charge in [-0.25, -0.2) is 4.57 Å². The molecule has 0 fully saturated rings. The predicted octanol–water partition coefficient (Wildman–Crippen LogP) is 5.80. The quantitative estimate of drug-likeness (QED) is 0.0647. The van der Waals surface area contributed by atoms with E-state index in [9.17, 15) is 9.36 Å². The summed E-state index contributed by atoms with van der Waals surface area (Å²) in [5, 5.41) is 0. The first-order chi connectivity index (χ1) is 16.2. The molecule has 0 aromatic carbocycles. The molecule has 202 valence electrons. The Morgan fingerprint density at radius 3 is 1.94 bits per heavy atom. The minimum Gasteiger partial charge on any atom is -0.460 e. The molecule has 0 heterocycles. The van der Waals surface area contributed by atoms with Gasteiger partial charge >= 0.3 is 13.8 Å². The monoisotopic (exact) mass is 507 g/mol. The summed E-state index contributed by atoms with van der Waals surface area (Å²) in [5.41, 5.74) is 5.80. The van der Waals surface area contributed by atoms with E-state index in [0.717, 1.165) is 12.8 Å². The fourth-order valence-corrected chi connectivity index (χ4v) is 4.07. The Kier molecular flexibility index (Phi) is 22.2. The second-order valence-electron chi connectivity index (χ2n) is 9.03. The fourth-order valence-electron chi connectivity index (χ4n) is 3.69. The van der Waals surface area contributed by atoms with Crippen LogP contribution in [0.1, 0.15) is 110 Å². The normalized spacial score (nSPS) is 13.9. The van der Waals surface area contributed by atoms with Crippen molar-refractivity contribution in [1.29, 1.82) is 0 Å². The molecule has 2 atom stereocenters. The maximum Gasteiger partial charge on any atom is 0.469 e. The molecule has 4 N–H and O–H groups in total. The van der Waals surface area contributed by atoms with E-state index in [4.69, 9.17) is 25.0 Å². The zero-order valence-electron chi connectivity index (χ0n) is 21.5. The van der Waals surface area contributed by atoms with Crippen molar-refractivity contribution in [2.45, 2.75) is 122 Å². The minimum absolute atomic E-state index is 0.176. The van der Waals surface area contributed by atoms with Crippen LogP contribution >= 0.6 is 7.82 Å². The molecule has 0 saturated heterocycles. The molecule has 0 spiro atoms. The average Bonchev–Trinajstić information content (AvgIpc) is 2.76. The first-order valence-electron chi connectivity index (χ1n) is 13.1. The van der Waals surface area contributed by atoms with Crippen LogP contribution < -0.4 is 5.73 Å². The Labute approximate surface area is 207 Å². The van der Waals surface area contributed by atoms with Crippen molar-refractivity contribution < 1.29 is 33.1 Å². The molecule has 2 unspecified atom stereocenters. The van der Waals surface area contributed by atoms with Crippen LogP contribution in [0.5, 0.6) is 0 Å². The minimum atomic E-state index is -4.57. The summed E-state index contributed by atoms with van der Waals surface area (Å²) in [5.74, 6) is -0.459. The number of rotatable bonds is 24. The molecule has 34 heavy (non-hydrogen) atoms. The Balaban J connectivity index is 3.67. The van der Waals surface area contributed by atoms with Crippen molar-refractivity contribution in [3.63, 3.8) is 0 Å². The lowest BCUT2D eigenvalue weighted by Gasteiger charge is -2.21. The molecule has 0 radical (unpaired) electrons. The van der Waals surface area contributed by atoms with Gasteiger partial charge < -0.3 is 25.0 Å². The second kappa shape index (κ2) is 22.7. The van der Waals surface area contributed by atoms with Crippen LogP contribution in [0, 0.1) is 0 Å². The molecule has 9 heteroatoms. The summed E-state index contributed by atoms with van der Waals surface area (Å²) >= 11 is 0. The van der Waals surface area contributed by atoms with Crippen molar-refractivity contribution >= 4 is 13.8 Å². The molecule has 8 nitrogen and oxygen atoms in total. The molecular weight excluding hydrogens is 457 g/mol. The van der Waals surface area contributed by atoms with E-state index in [2.05, 4.69) is 23.6 Å². The van der Waals surface area contributed by atoms with Crippen molar-refractivity contribution in [3.05, 3.63) is 12.2 Å². The highest BCUT2D eigenvalue weighted by Gasteiger charge is 2.21. The molecule has 0 rings (SSSR count). The Hall–Kier alpha value is -0.760. The van der Waals surface area contributed by atoms with Gasteiger partial charge in [0, 0.05) is 19.4 Å². The lowest BCUT2D eigenvalue weighted by Crippen LogP contribution is -2.34. The molecule has 0 aliphatic heterocycles. The third-order valence-corrected chi connectivity index (χ3v) is 5.96. The summed E-state index contributed by atoms with van der Waals surface area (Å²) in [7, 11) is -4.57. The molecule has 0 aromatic heterocycles. The Morgan fingerprint density at radius 1 is 0.882 bits per heavy atom. The number of esters is 1. The van der Waals surface area contributed by atoms with E-state index >= 15 is 0 Å². The van der Waals surface area contributed by atoms with Crippen molar-refractivity contribution in [2.75, 3.05) is 19.8 Å². The van der Waals surface area contributed by atoms with Crippen LogP contribution in [0.25, 0.3) is 0 Å². The van der Waals surface area contributed by atoms with Crippen LogP contribution in [-0.4, -0.2) is 47.7 Å². The van der Waals surface area contributed by atoms with Crippen LogP contribution in [0.4, 0.5) is 0 Å². The van der Waals surface area contributed by atoms with E-state index in [1.165, 1.54) is 84.0 Å². The van der Waals surface area contributed by atoms with Gasteiger partial charge in [-0.1, -0.05) is 89.7 Å². The topological polar surface area (TPSA) is 128 Å². The van der Waals surface area contributed by atoms with E-state index in [1.807, 2.05) is 0 Å². The number of ether oxygens (including phenoxy) is 2. The van der Waals surface area contributed by atoms with Crippen molar-refractivity contribution in [1.82, 2.24) is 0 Å². The van der Waals surface area contributed by atoms with Gasteiger partial charge in [0.15, 0.2) is 0 Å². The summed E-state index contributed by atoms with van der Waals surface area (Å²) in [4.78, 5) is 28.7. The number of hydrogen-bond acceptors (Lipinski definition) is 6. The van der Waals surface area contributed by atoms with Gasteiger partial charge in [0.2, 0.25) is 0 Å². The van der Waals surface area contributed by atoms with E-state index in [0.29, 0.717) is 6.61 Å². The summed E-state index contributed by atoms with van der Waals surface area (Å²) in [6, 6.07) is -0.684. The number of hydrogen-bond donors (Lipinski definition) is 3. The van der Waals surface area contributed by atoms with Gasteiger partial charge in [0.1, 0.15) is 6.10 Å². The lowest BCUT2D eigenvalue weighted by atomic mass is 10.0. The lowest BCUT2D eigenvalue weighted by molar-refractivity contribution is -0.150. The van der Waals surface area contributed by atoms with Gasteiger partial charge in [-0.2, -0.15) is 0 Å². The Morgan fingerprint density at radius 2 is 1.41 bits per heavy atom. The summed E-state index contributed by atoms with van der Waals surface area (Å²) < 4.78 is 25.9. The zero-order valence-corrected chi connectivity index (χ0v) is 22.4. The van der Waals surface area contributed by atoms with E-state index in [1.54, 1.807) is 0 Å². The van der Waals surface area contributed by atoms with Crippen LogP contribution in [0.2, 0.25) is 0 Å². The number of carbonyl (C=O) groups excluding carboxylic acids is 1. The van der Waals surface area contributed by atoms with Gasteiger partial charge in [-0.15, -0.1) is 0 Å². The maximum atomic E-state index is 11.3. The van der Waals surface area contributed by atoms with Gasteiger partial charge in [-0.3, -0.25) is 9.32 Å². The Bertz CT molecular complexity index is 553. The fraction of sp³-hybridized carbons (Fsp3) is 0.880. The molecule has 0 aliphatic rings. The average molecular weight is 508 g/mol. The second-order valence-corrected chi connectivity index (χ2v) is 10.3. The smallest absolute Gasteiger partial charge is 0.460 e. The SMILES string of the molecule is CCCCCCCCCCCCCCC=CCCOCC(CC(N)COP(=O)(O)O)OC(C)=O. The van der Waals surface area contributed by atoms with E-state index < -0.39 is 25.9 Å². The summed E-state index contributed by atoms with van der Waals surface area (Å²) in [6.45, 7) is 3.90.